The molecule has 0 aliphatic heterocycles. The van der Waals surface area contributed by atoms with Crippen molar-refractivity contribution in [1.29, 1.82) is 0 Å². The Morgan fingerprint density at radius 3 is 1.76 bits per heavy atom. The summed E-state index contributed by atoms with van der Waals surface area (Å²) in [7, 11) is 0. The SMILES string of the molecule is c1ccc(-c2nc(-c3ccc(-c4cccc5c4sc4ccc6c(-c7ccccc7)nc7ccccc7c6c45)cc3)nc(-c3cccc4oc5ccccc5c34)n2)cc1. The predicted octanol–water partition coefficient (Wildman–Crippen LogP) is 14.2. The van der Waals surface area contributed by atoms with Crippen LogP contribution in [0.25, 0.3) is 120 Å². The summed E-state index contributed by atoms with van der Waals surface area (Å²) in [5.41, 5.74) is 9.84. The van der Waals surface area contributed by atoms with E-state index in [1.807, 2.05) is 72.0 Å². The number of pyridine rings is 1. The molecule has 58 heavy (non-hydrogen) atoms. The first-order valence-corrected chi connectivity index (χ1v) is 20.1. The van der Waals surface area contributed by atoms with E-state index in [4.69, 9.17) is 24.4 Å². The van der Waals surface area contributed by atoms with Gasteiger partial charge in [0.25, 0.3) is 0 Å². The molecular formula is C52H30N4OS. The molecule has 270 valence electrons. The van der Waals surface area contributed by atoms with E-state index in [0.29, 0.717) is 17.5 Å². The van der Waals surface area contributed by atoms with Crippen LogP contribution in [0, 0.1) is 0 Å². The maximum Gasteiger partial charge on any atom is 0.164 e. The molecule has 0 amide bonds. The number of hydrogen-bond acceptors (Lipinski definition) is 6. The molecule has 0 radical (unpaired) electrons. The summed E-state index contributed by atoms with van der Waals surface area (Å²) in [5, 5.41) is 8.13. The number of nitrogens with zero attached hydrogens (tertiary/aromatic N) is 4. The Balaban J connectivity index is 1.01. The van der Waals surface area contributed by atoms with Gasteiger partial charge in [-0.2, -0.15) is 0 Å². The molecule has 4 heterocycles. The zero-order valence-electron chi connectivity index (χ0n) is 30.9. The van der Waals surface area contributed by atoms with Crippen LogP contribution in [-0.2, 0) is 0 Å². The molecular weight excluding hydrogens is 729 g/mol. The minimum Gasteiger partial charge on any atom is -0.456 e. The third kappa shape index (κ3) is 5.16. The van der Waals surface area contributed by atoms with Gasteiger partial charge in [-0.3, -0.25) is 0 Å². The van der Waals surface area contributed by atoms with Crippen molar-refractivity contribution in [2.24, 2.45) is 0 Å². The molecule has 12 aromatic rings. The van der Waals surface area contributed by atoms with E-state index in [0.717, 1.165) is 66.4 Å². The molecule has 6 heteroatoms. The van der Waals surface area contributed by atoms with Crippen molar-refractivity contribution in [3.8, 4) is 56.5 Å². The second-order valence-corrected chi connectivity index (χ2v) is 15.6. The average molecular weight is 759 g/mol. The summed E-state index contributed by atoms with van der Waals surface area (Å²) in [6.45, 7) is 0. The Morgan fingerprint density at radius 2 is 0.948 bits per heavy atom. The van der Waals surface area contributed by atoms with Crippen LogP contribution in [-0.4, -0.2) is 19.9 Å². The van der Waals surface area contributed by atoms with Gasteiger partial charge in [-0.15, -0.1) is 11.3 Å². The molecule has 0 saturated carbocycles. The molecule has 0 bridgehead atoms. The largest absolute Gasteiger partial charge is 0.456 e. The Kier molecular flexibility index (Phi) is 7.33. The van der Waals surface area contributed by atoms with E-state index >= 15 is 0 Å². The highest BCUT2D eigenvalue weighted by molar-refractivity contribution is 7.26. The van der Waals surface area contributed by atoms with Crippen molar-refractivity contribution >= 4 is 75.1 Å². The Bertz CT molecular complexity index is 3560. The fraction of sp³-hybridized carbons (Fsp3) is 0. The van der Waals surface area contributed by atoms with Gasteiger partial charge < -0.3 is 4.42 Å². The third-order valence-electron chi connectivity index (χ3n) is 11.1. The number of para-hydroxylation sites is 2. The summed E-state index contributed by atoms with van der Waals surface area (Å²) < 4.78 is 8.76. The molecule has 12 rings (SSSR count). The molecule has 4 aromatic heterocycles. The van der Waals surface area contributed by atoms with Crippen LogP contribution in [0.5, 0.6) is 0 Å². The number of thiophene rings is 1. The van der Waals surface area contributed by atoms with Crippen LogP contribution in [0.15, 0.2) is 186 Å². The predicted molar refractivity (Wildman–Crippen MR) is 240 cm³/mol. The highest BCUT2D eigenvalue weighted by Gasteiger charge is 2.20. The number of rotatable bonds is 5. The van der Waals surface area contributed by atoms with Gasteiger partial charge in [-0.25, -0.2) is 19.9 Å². The molecule has 0 fully saturated rings. The molecule has 0 aliphatic rings. The highest BCUT2D eigenvalue weighted by atomic mass is 32.1. The zero-order chi connectivity index (χ0) is 38.2. The van der Waals surface area contributed by atoms with Crippen molar-refractivity contribution in [1.82, 2.24) is 19.9 Å². The smallest absolute Gasteiger partial charge is 0.164 e. The summed E-state index contributed by atoms with van der Waals surface area (Å²) in [6.07, 6.45) is 0. The first-order valence-electron chi connectivity index (χ1n) is 19.3. The van der Waals surface area contributed by atoms with Gasteiger partial charge in [-0.05, 0) is 35.4 Å². The van der Waals surface area contributed by atoms with E-state index in [9.17, 15) is 0 Å². The van der Waals surface area contributed by atoms with Crippen molar-refractivity contribution in [3.63, 3.8) is 0 Å². The average Bonchev–Trinajstić information content (AvgIpc) is 3.88. The van der Waals surface area contributed by atoms with Crippen LogP contribution in [0.3, 0.4) is 0 Å². The number of fused-ring (bicyclic) bond motifs is 10. The first-order chi connectivity index (χ1) is 28.7. The number of aromatic nitrogens is 4. The normalized spacial score (nSPS) is 11.8. The van der Waals surface area contributed by atoms with E-state index in [-0.39, 0.29) is 0 Å². The second-order valence-electron chi connectivity index (χ2n) is 14.5. The molecule has 0 saturated heterocycles. The fourth-order valence-corrected chi connectivity index (χ4v) is 9.72. The maximum absolute atomic E-state index is 6.24. The second kappa shape index (κ2) is 13.0. The highest BCUT2D eigenvalue weighted by Crippen LogP contribution is 2.46. The van der Waals surface area contributed by atoms with Crippen LogP contribution in [0.4, 0.5) is 0 Å². The lowest BCUT2D eigenvalue weighted by molar-refractivity contribution is 0.669. The quantitative estimate of drug-likeness (QED) is 0.164. The fourth-order valence-electron chi connectivity index (χ4n) is 8.48. The standard InChI is InChI=1S/C52H30N4OS/c1-3-13-32(14-4-1)48-38-29-30-44-47(46(38)36-17-7-9-22-41(36)53-48)39-20-11-19-35(49(39)58-44)31-25-27-34(28-26-31)51-54-50(33-15-5-2-6-16-33)55-52(56-51)40-21-12-24-43-45(40)37-18-8-10-23-42(37)57-43/h1-30H. The summed E-state index contributed by atoms with van der Waals surface area (Å²) in [5.74, 6) is 1.84. The van der Waals surface area contributed by atoms with Gasteiger partial charge in [0.15, 0.2) is 17.5 Å². The molecule has 5 nitrogen and oxygen atoms in total. The van der Waals surface area contributed by atoms with Gasteiger partial charge in [-0.1, -0.05) is 158 Å². The van der Waals surface area contributed by atoms with Gasteiger partial charge in [0.05, 0.1) is 11.2 Å². The van der Waals surface area contributed by atoms with E-state index in [2.05, 4.69) is 121 Å². The number of furan rings is 1. The molecule has 0 atom stereocenters. The lowest BCUT2D eigenvalue weighted by Crippen LogP contribution is -2.00. The van der Waals surface area contributed by atoms with Crippen LogP contribution in [0.1, 0.15) is 0 Å². The molecule has 8 aromatic carbocycles. The van der Waals surface area contributed by atoms with Crippen molar-refractivity contribution < 1.29 is 4.42 Å². The van der Waals surface area contributed by atoms with Gasteiger partial charge >= 0.3 is 0 Å². The van der Waals surface area contributed by atoms with Gasteiger partial charge in [0, 0.05) is 69.4 Å². The van der Waals surface area contributed by atoms with Gasteiger partial charge in [0.1, 0.15) is 11.2 Å². The van der Waals surface area contributed by atoms with E-state index in [1.54, 1.807) is 0 Å². The van der Waals surface area contributed by atoms with Crippen molar-refractivity contribution in [2.75, 3.05) is 0 Å². The lowest BCUT2D eigenvalue weighted by atomic mass is 9.95. The van der Waals surface area contributed by atoms with Crippen LogP contribution >= 0.6 is 11.3 Å². The lowest BCUT2D eigenvalue weighted by Gasteiger charge is -2.12. The van der Waals surface area contributed by atoms with Crippen LogP contribution in [0.2, 0.25) is 0 Å². The summed E-state index contributed by atoms with van der Waals surface area (Å²) >= 11 is 1.85. The zero-order valence-corrected chi connectivity index (χ0v) is 31.7. The number of hydrogen-bond donors (Lipinski definition) is 0. The molecule has 0 unspecified atom stereocenters. The minimum absolute atomic E-state index is 0.602. The molecule has 0 aliphatic carbocycles. The number of benzene rings is 8. The van der Waals surface area contributed by atoms with Gasteiger partial charge in [0.2, 0.25) is 0 Å². The first kappa shape index (κ1) is 32.7. The Labute approximate surface area is 336 Å². The Hall–Kier alpha value is -7.54. The topological polar surface area (TPSA) is 64.7 Å². The Morgan fingerprint density at radius 1 is 0.345 bits per heavy atom. The minimum atomic E-state index is 0.602. The van der Waals surface area contributed by atoms with E-state index < -0.39 is 0 Å². The molecule has 0 spiro atoms. The van der Waals surface area contributed by atoms with E-state index in [1.165, 1.54) is 36.5 Å². The third-order valence-corrected chi connectivity index (χ3v) is 12.3. The monoisotopic (exact) mass is 758 g/mol. The maximum atomic E-state index is 6.24. The molecule has 0 N–H and O–H groups in total. The van der Waals surface area contributed by atoms with Crippen LogP contribution < -0.4 is 0 Å². The van der Waals surface area contributed by atoms with Crippen molar-refractivity contribution in [2.45, 2.75) is 0 Å². The van der Waals surface area contributed by atoms with Crippen molar-refractivity contribution in [3.05, 3.63) is 182 Å². The summed E-state index contributed by atoms with van der Waals surface area (Å²) in [6, 6.07) is 63.2. The summed E-state index contributed by atoms with van der Waals surface area (Å²) in [4.78, 5) is 20.4.